The van der Waals surface area contributed by atoms with E-state index in [0.29, 0.717) is 41.5 Å². The summed E-state index contributed by atoms with van der Waals surface area (Å²) in [6, 6.07) is 1.14. The molecule has 3 heterocycles. The van der Waals surface area contributed by atoms with Crippen molar-refractivity contribution in [2.75, 3.05) is 11.9 Å². The first kappa shape index (κ1) is 27.1. The van der Waals surface area contributed by atoms with Gasteiger partial charge < -0.3 is 14.8 Å². The maximum atomic E-state index is 13.3. The topological polar surface area (TPSA) is 113 Å². The fourth-order valence-corrected chi connectivity index (χ4v) is 6.39. The number of rotatable bonds is 10. The van der Waals surface area contributed by atoms with Crippen LogP contribution in [0.1, 0.15) is 57.9 Å². The number of halogens is 4. The van der Waals surface area contributed by atoms with Crippen LogP contribution in [0.15, 0.2) is 12.4 Å². The van der Waals surface area contributed by atoms with E-state index in [2.05, 4.69) is 25.3 Å². The highest BCUT2D eigenvalue weighted by molar-refractivity contribution is 7.12. The molecule has 0 aromatic carbocycles. The van der Waals surface area contributed by atoms with E-state index in [0.717, 1.165) is 10.4 Å². The third-order valence-corrected chi connectivity index (χ3v) is 8.23. The molecule has 39 heavy (non-hydrogen) atoms. The third-order valence-electron chi connectivity index (χ3n) is 6.94. The van der Waals surface area contributed by atoms with Crippen LogP contribution in [0.3, 0.4) is 0 Å². The van der Waals surface area contributed by atoms with E-state index in [9.17, 15) is 27.2 Å². The summed E-state index contributed by atoms with van der Waals surface area (Å²) in [5.41, 5.74) is 1.10. The molecule has 210 valence electrons. The van der Waals surface area contributed by atoms with Crippen molar-refractivity contribution >= 4 is 34.9 Å². The lowest BCUT2D eigenvalue weighted by molar-refractivity contribution is -0.147. The lowest BCUT2D eigenvalue weighted by Gasteiger charge is -2.33. The first-order valence-electron chi connectivity index (χ1n) is 12.4. The lowest BCUT2D eigenvalue weighted by Crippen LogP contribution is -2.40. The Morgan fingerprint density at radius 3 is 2.77 bits per heavy atom. The van der Waals surface area contributed by atoms with Gasteiger partial charge >= 0.3 is 12.6 Å². The summed E-state index contributed by atoms with van der Waals surface area (Å²) in [6.45, 7) is -1.18. The summed E-state index contributed by atoms with van der Waals surface area (Å²) in [5, 5.41) is 15.0. The number of esters is 1. The molecule has 0 bridgehead atoms. The van der Waals surface area contributed by atoms with Crippen molar-refractivity contribution < 1.29 is 36.6 Å². The quantitative estimate of drug-likeness (QED) is 0.281. The highest BCUT2D eigenvalue weighted by Gasteiger charge is 2.48. The number of Topliss-reactive ketones (excluding diaryl/α,β-unsaturated/α-hetero) is 1. The number of hydrogen-bond donors (Lipinski definition) is 1. The molecule has 5 rings (SSSR count). The minimum atomic E-state index is -3.01. The zero-order valence-electron chi connectivity index (χ0n) is 21.1. The highest BCUT2D eigenvalue weighted by Crippen LogP contribution is 2.45. The first-order chi connectivity index (χ1) is 18.5. The molecule has 3 aromatic rings. The third kappa shape index (κ3) is 5.63. The van der Waals surface area contributed by atoms with Crippen LogP contribution in [0.25, 0.3) is 0 Å². The summed E-state index contributed by atoms with van der Waals surface area (Å²) in [6.07, 6.45) is 2.25. The largest absolute Gasteiger partial charge is 0.462 e. The van der Waals surface area contributed by atoms with Crippen molar-refractivity contribution in [1.82, 2.24) is 24.5 Å². The van der Waals surface area contributed by atoms with Crippen LogP contribution in [0.5, 0.6) is 5.88 Å². The van der Waals surface area contributed by atoms with Crippen LogP contribution in [-0.4, -0.2) is 55.4 Å². The van der Waals surface area contributed by atoms with E-state index in [1.165, 1.54) is 28.4 Å². The molecule has 10 nitrogen and oxygen atoms in total. The number of carbonyl (C=O) groups is 2. The smallest absolute Gasteiger partial charge is 0.388 e. The van der Waals surface area contributed by atoms with Gasteiger partial charge in [0, 0.05) is 54.1 Å². The van der Waals surface area contributed by atoms with Gasteiger partial charge in [-0.05, 0) is 31.7 Å². The van der Waals surface area contributed by atoms with Gasteiger partial charge in [0.15, 0.2) is 0 Å². The molecule has 2 aliphatic carbocycles. The van der Waals surface area contributed by atoms with Gasteiger partial charge in [0.05, 0.1) is 12.2 Å². The van der Waals surface area contributed by atoms with Gasteiger partial charge in [-0.2, -0.15) is 8.78 Å². The van der Waals surface area contributed by atoms with E-state index >= 15 is 0 Å². The summed E-state index contributed by atoms with van der Waals surface area (Å²) >= 11 is 1.36. The Morgan fingerprint density at radius 2 is 2.08 bits per heavy atom. The van der Waals surface area contributed by atoms with Gasteiger partial charge in [0.25, 0.3) is 0 Å². The monoisotopic (exact) mass is 570 g/mol. The molecule has 2 aliphatic rings. The first-order valence-corrected chi connectivity index (χ1v) is 13.2. The summed E-state index contributed by atoms with van der Waals surface area (Å²) in [4.78, 5) is 27.2. The maximum absolute atomic E-state index is 13.3. The number of hydrogen-bond acceptors (Lipinski definition) is 9. The maximum Gasteiger partial charge on any atom is 0.388 e. The average molecular weight is 571 g/mol. The van der Waals surface area contributed by atoms with Crippen molar-refractivity contribution in [2.45, 2.75) is 64.0 Å². The molecule has 0 amide bonds. The molecule has 3 aromatic heterocycles. The fraction of sp³-hybridized carbons (Fsp3) is 0.542. The van der Waals surface area contributed by atoms with E-state index in [4.69, 9.17) is 4.74 Å². The van der Waals surface area contributed by atoms with Crippen LogP contribution in [0.4, 0.5) is 29.3 Å². The minimum absolute atomic E-state index is 0.0832. The number of nitrogens with zero attached hydrogens (tertiary/aromatic N) is 5. The fourth-order valence-electron chi connectivity index (χ4n) is 5.04. The minimum Gasteiger partial charge on any atom is -0.462 e. The molecule has 0 aliphatic heterocycles. The number of fused-ring (bicyclic) bond motifs is 1. The standard InChI is InChI=1S/C24H26F4N6O4S/c1-3-37-21(36)20-14-6-13(4-5-16(14)39-17(20)7-15(35)12-9-24(27,28)10-12)34-11-29-31-23(34)30-18-8-19(32-33(18)2)38-22(25)26/h8,11-13,22H,3-7,9-10H2,1-2H3,(H,30,31)/t13-/m0/s1. The zero-order valence-corrected chi connectivity index (χ0v) is 21.9. The average Bonchev–Trinajstić information content (AvgIpc) is 3.54. The van der Waals surface area contributed by atoms with Crippen LogP contribution in [0, 0.1) is 5.92 Å². The second-order valence-electron chi connectivity index (χ2n) is 9.58. The molecule has 1 N–H and O–H groups in total. The normalized spacial score (nSPS) is 18.5. The highest BCUT2D eigenvalue weighted by atomic mass is 32.1. The van der Waals surface area contributed by atoms with Crippen molar-refractivity contribution in [2.24, 2.45) is 13.0 Å². The van der Waals surface area contributed by atoms with Gasteiger partial charge in [-0.25, -0.2) is 18.3 Å². The van der Waals surface area contributed by atoms with Crippen molar-refractivity contribution in [3.63, 3.8) is 0 Å². The number of aryl methyl sites for hydroxylation is 2. The van der Waals surface area contributed by atoms with Gasteiger partial charge in [-0.15, -0.1) is 26.6 Å². The number of nitrogens with one attached hydrogen (secondary N) is 1. The summed E-state index contributed by atoms with van der Waals surface area (Å²) in [7, 11) is 1.55. The van der Waals surface area contributed by atoms with Gasteiger partial charge in [-0.1, -0.05) is 0 Å². The molecule has 0 radical (unpaired) electrons. The molecular weight excluding hydrogens is 544 g/mol. The number of carbonyl (C=O) groups excluding carboxylic acids is 2. The van der Waals surface area contributed by atoms with Gasteiger partial charge in [0.1, 0.15) is 17.9 Å². The number of ketones is 1. The van der Waals surface area contributed by atoms with E-state index in [1.807, 2.05) is 0 Å². The Bertz CT molecular complexity index is 1380. The molecular formula is C24H26F4N6O4S. The Morgan fingerprint density at radius 1 is 1.31 bits per heavy atom. The van der Waals surface area contributed by atoms with E-state index < -0.39 is 37.3 Å². The SMILES string of the molecule is CCOC(=O)c1c(CC(=O)C2CC(F)(F)C2)sc2c1C[C@@H](n1cnnc1Nc1cc(OC(F)F)nn1C)CC2. The molecule has 1 saturated carbocycles. The van der Waals surface area contributed by atoms with Crippen LogP contribution < -0.4 is 10.1 Å². The Hall–Kier alpha value is -3.49. The number of thiophene rings is 1. The Labute approximate surface area is 224 Å². The molecule has 15 heteroatoms. The zero-order chi connectivity index (χ0) is 27.9. The predicted octanol–water partition coefficient (Wildman–Crippen LogP) is 4.48. The number of anilines is 2. The van der Waals surface area contributed by atoms with E-state index in [-0.39, 0.29) is 30.7 Å². The second-order valence-corrected chi connectivity index (χ2v) is 10.8. The van der Waals surface area contributed by atoms with Crippen molar-refractivity contribution in [1.29, 1.82) is 0 Å². The molecule has 0 saturated heterocycles. The number of alkyl halides is 4. The predicted molar refractivity (Wildman–Crippen MR) is 131 cm³/mol. The molecule has 1 atom stereocenters. The van der Waals surface area contributed by atoms with E-state index in [1.54, 1.807) is 18.5 Å². The molecule has 1 fully saturated rings. The molecule has 0 unspecified atom stereocenters. The Kier molecular flexibility index (Phi) is 7.35. The van der Waals surface area contributed by atoms with Crippen molar-refractivity contribution in [3.05, 3.63) is 33.3 Å². The van der Waals surface area contributed by atoms with Crippen molar-refractivity contribution in [3.8, 4) is 5.88 Å². The number of ether oxygens (including phenoxy) is 2. The summed E-state index contributed by atoms with van der Waals surface area (Å²) in [5.74, 6) is -3.91. The van der Waals surface area contributed by atoms with Gasteiger partial charge in [0.2, 0.25) is 17.8 Å². The molecule has 0 spiro atoms. The summed E-state index contributed by atoms with van der Waals surface area (Å²) < 4.78 is 64.5. The number of aromatic nitrogens is 5. The second kappa shape index (κ2) is 10.6. The lowest BCUT2D eigenvalue weighted by atomic mass is 9.77. The van der Waals surface area contributed by atoms with Crippen LogP contribution >= 0.6 is 11.3 Å². The Balaban J connectivity index is 1.37. The van der Waals surface area contributed by atoms with Crippen LogP contribution in [-0.2, 0) is 35.8 Å². The van der Waals surface area contributed by atoms with Crippen LogP contribution in [0.2, 0.25) is 0 Å². The van der Waals surface area contributed by atoms with Gasteiger partial charge in [-0.3, -0.25) is 9.36 Å².